The van der Waals surface area contributed by atoms with E-state index in [0.717, 1.165) is 9.21 Å². The van der Waals surface area contributed by atoms with Gasteiger partial charge in [0, 0.05) is 0 Å². The zero-order valence-electron chi connectivity index (χ0n) is 9.13. The summed E-state index contributed by atoms with van der Waals surface area (Å²) in [4.78, 5) is 23.7. The van der Waals surface area contributed by atoms with E-state index in [2.05, 4.69) is 12.8 Å². The second kappa shape index (κ2) is 4.90. The van der Waals surface area contributed by atoms with Gasteiger partial charge in [-0.1, -0.05) is 12.8 Å². The van der Waals surface area contributed by atoms with Crippen molar-refractivity contribution in [3.05, 3.63) is 0 Å². The highest BCUT2D eigenvalue weighted by molar-refractivity contribution is 7.78. The van der Waals surface area contributed by atoms with E-state index in [1.165, 1.54) is 0 Å². The lowest BCUT2D eigenvalue weighted by Gasteiger charge is -2.36. The van der Waals surface area contributed by atoms with Crippen LogP contribution in [0.2, 0.25) is 0 Å². The quantitative estimate of drug-likeness (QED) is 0.362. The molecule has 2 saturated heterocycles. The van der Waals surface area contributed by atoms with Crippen LogP contribution in [-0.4, -0.2) is 74.4 Å². The lowest BCUT2D eigenvalue weighted by molar-refractivity contribution is -0.0864. The van der Waals surface area contributed by atoms with Gasteiger partial charge in [-0.25, -0.2) is 9.59 Å². The SMILES string of the molecule is O=C1NC(=O)N([C@@H]2O[C@H](CO)[C@@H](O)[C@H]2O)CN1S. The van der Waals surface area contributed by atoms with Gasteiger partial charge in [-0.15, -0.1) is 0 Å². The maximum absolute atomic E-state index is 11.6. The maximum atomic E-state index is 11.6. The number of urea groups is 2. The third kappa shape index (κ3) is 2.12. The minimum absolute atomic E-state index is 0.208. The number of amides is 4. The first kappa shape index (κ1) is 13.4. The van der Waals surface area contributed by atoms with Crippen LogP contribution in [0.25, 0.3) is 0 Å². The molecule has 0 bridgehead atoms. The molecule has 2 aliphatic rings. The van der Waals surface area contributed by atoms with E-state index in [0.29, 0.717) is 0 Å². The van der Waals surface area contributed by atoms with E-state index in [-0.39, 0.29) is 6.67 Å². The minimum atomic E-state index is -1.37. The van der Waals surface area contributed by atoms with Gasteiger partial charge in [0.2, 0.25) is 0 Å². The van der Waals surface area contributed by atoms with Gasteiger partial charge >= 0.3 is 12.1 Å². The summed E-state index contributed by atoms with van der Waals surface area (Å²) in [5, 5.41) is 30.2. The molecule has 2 rings (SSSR count). The lowest BCUT2D eigenvalue weighted by atomic mass is 10.1. The Morgan fingerprint density at radius 1 is 1.33 bits per heavy atom. The van der Waals surface area contributed by atoms with E-state index in [1.54, 1.807) is 0 Å². The van der Waals surface area contributed by atoms with Crippen LogP contribution in [0.3, 0.4) is 0 Å². The Hall–Kier alpha value is -1.07. The fourth-order valence-electron chi connectivity index (χ4n) is 1.83. The number of hydrogen-bond acceptors (Lipinski definition) is 7. The van der Waals surface area contributed by atoms with Gasteiger partial charge in [-0.05, 0) is 0 Å². The molecule has 0 spiro atoms. The maximum Gasteiger partial charge on any atom is 0.336 e. The molecule has 0 saturated carbocycles. The van der Waals surface area contributed by atoms with Crippen LogP contribution >= 0.6 is 12.8 Å². The van der Waals surface area contributed by atoms with Crippen molar-refractivity contribution in [2.45, 2.75) is 24.5 Å². The van der Waals surface area contributed by atoms with Crippen LogP contribution in [-0.2, 0) is 4.74 Å². The zero-order valence-corrected chi connectivity index (χ0v) is 10.0. The number of hydrogen-bond donors (Lipinski definition) is 5. The predicted molar refractivity (Wildman–Crippen MR) is 59.2 cm³/mol. The molecule has 0 aliphatic carbocycles. The third-order valence-corrected chi connectivity index (χ3v) is 3.13. The van der Waals surface area contributed by atoms with Crippen LogP contribution < -0.4 is 5.32 Å². The number of ether oxygens (including phenoxy) is 1. The largest absolute Gasteiger partial charge is 0.394 e. The van der Waals surface area contributed by atoms with Gasteiger partial charge in [0.1, 0.15) is 25.0 Å². The summed E-state index contributed by atoms with van der Waals surface area (Å²) >= 11 is 3.82. The summed E-state index contributed by atoms with van der Waals surface area (Å²) in [5.41, 5.74) is 0. The first-order chi connectivity index (χ1) is 8.45. The predicted octanol–water partition coefficient (Wildman–Crippen LogP) is -2.33. The number of nitrogens with one attached hydrogen (secondary N) is 1. The molecule has 4 N–H and O–H groups in total. The summed E-state index contributed by atoms with van der Waals surface area (Å²) < 4.78 is 6.08. The van der Waals surface area contributed by atoms with Gasteiger partial charge in [-0.2, -0.15) is 0 Å². The van der Waals surface area contributed by atoms with Gasteiger partial charge in [0.15, 0.2) is 6.23 Å². The Bertz CT molecular complexity index is 369. The van der Waals surface area contributed by atoms with Crippen molar-refractivity contribution in [2.75, 3.05) is 13.3 Å². The average Bonchev–Trinajstić information content (AvgIpc) is 2.61. The number of rotatable bonds is 2. The molecule has 9 nitrogen and oxygen atoms in total. The molecule has 0 aromatic rings. The fourth-order valence-corrected chi connectivity index (χ4v) is 2.02. The zero-order chi connectivity index (χ0) is 13.4. The summed E-state index contributed by atoms with van der Waals surface area (Å²) in [6.45, 7) is -0.700. The number of imide groups is 1. The molecule has 2 heterocycles. The smallest absolute Gasteiger partial charge is 0.336 e. The molecule has 18 heavy (non-hydrogen) atoms. The monoisotopic (exact) mass is 279 g/mol. The highest BCUT2D eigenvalue weighted by Crippen LogP contribution is 2.25. The van der Waals surface area contributed by atoms with Gasteiger partial charge in [0.25, 0.3) is 0 Å². The molecule has 0 aromatic carbocycles. The van der Waals surface area contributed by atoms with E-state index >= 15 is 0 Å². The van der Waals surface area contributed by atoms with Crippen molar-refractivity contribution in [1.29, 1.82) is 0 Å². The molecule has 102 valence electrons. The van der Waals surface area contributed by atoms with Crippen molar-refractivity contribution < 1.29 is 29.6 Å². The number of thiol groups is 1. The fraction of sp³-hybridized carbons (Fsp3) is 0.750. The third-order valence-electron chi connectivity index (χ3n) is 2.82. The van der Waals surface area contributed by atoms with Crippen LogP contribution in [0.1, 0.15) is 0 Å². The number of carbonyl (C=O) groups is 2. The highest BCUT2D eigenvalue weighted by Gasteiger charge is 2.48. The summed E-state index contributed by atoms with van der Waals surface area (Å²) in [7, 11) is 0. The second-order valence-corrected chi connectivity index (χ2v) is 4.46. The molecule has 4 amide bonds. The molecular weight excluding hydrogens is 266 g/mol. The van der Waals surface area contributed by atoms with Crippen LogP contribution in [0, 0.1) is 0 Å². The van der Waals surface area contributed by atoms with Crippen molar-refractivity contribution >= 4 is 24.9 Å². The molecule has 4 atom stereocenters. The van der Waals surface area contributed by atoms with E-state index < -0.39 is 43.2 Å². The second-order valence-electron chi connectivity index (χ2n) is 3.97. The molecule has 2 fully saturated rings. The first-order valence-corrected chi connectivity index (χ1v) is 5.56. The Labute approximate surface area is 107 Å². The molecular formula is C8H13N3O6S. The van der Waals surface area contributed by atoms with Gasteiger partial charge in [-0.3, -0.25) is 14.5 Å². The van der Waals surface area contributed by atoms with Crippen LogP contribution in [0.5, 0.6) is 0 Å². The minimum Gasteiger partial charge on any atom is -0.394 e. The van der Waals surface area contributed by atoms with Crippen LogP contribution in [0.4, 0.5) is 9.59 Å². The van der Waals surface area contributed by atoms with Crippen molar-refractivity contribution in [3.8, 4) is 0 Å². The highest BCUT2D eigenvalue weighted by atomic mass is 32.1. The molecule has 0 radical (unpaired) electrons. The van der Waals surface area contributed by atoms with Gasteiger partial charge < -0.3 is 20.1 Å². The van der Waals surface area contributed by atoms with Gasteiger partial charge in [0.05, 0.1) is 6.61 Å². The number of nitrogens with zero attached hydrogens (tertiary/aromatic N) is 2. The standard InChI is InChI=1S/C8H13N3O6S/c12-1-3-4(13)5(14)6(17-3)10-2-11(18)8(16)9-7(10)15/h3-6,12-14,18H,1-2H2,(H,9,15,16)/t3-,4-,5-,6-/m1/s1. The van der Waals surface area contributed by atoms with E-state index in [9.17, 15) is 19.8 Å². The van der Waals surface area contributed by atoms with Crippen LogP contribution in [0.15, 0.2) is 0 Å². The molecule has 0 aromatic heterocycles. The number of carbonyl (C=O) groups excluding carboxylic acids is 2. The molecule has 0 unspecified atom stereocenters. The summed E-state index contributed by atoms with van der Waals surface area (Å²) in [6.07, 6.45) is -4.81. The molecule has 2 aliphatic heterocycles. The number of aliphatic hydroxyl groups excluding tert-OH is 3. The van der Waals surface area contributed by atoms with Crippen molar-refractivity contribution in [3.63, 3.8) is 0 Å². The van der Waals surface area contributed by atoms with Crippen molar-refractivity contribution in [1.82, 2.24) is 14.5 Å². The van der Waals surface area contributed by atoms with E-state index in [1.807, 2.05) is 5.32 Å². The lowest BCUT2D eigenvalue weighted by Crippen LogP contribution is -2.61. The summed E-state index contributed by atoms with van der Waals surface area (Å²) in [5.74, 6) is 0. The Kier molecular flexibility index (Phi) is 3.64. The Morgan fingerprint density at radius 2 is 2.00 bits per heavy atom. The Balaban J connectivity index is 2.12. The Morgan fingerprint density at radius 3 is 2.56 bits per heavy atom. The van der Waals surface area contributed by atoms with E-state index in [4.69, 9.17) is 9.84 Å². The average molecular weight is 279 g/mol. The normalized spacial score (nSPS) is 37.1. The first-order valence-electron chi connectivity index (χ1n) is 5.16. The number of aliphatic hydroxyl groups is 3. The summed E-state index contributed by atoms with van der Waals surface area (Å²) in [6, 6.07) is -1.45. The topological polar surface area (TPSA) is 123 Å². The molecule has 10 heteroatoms. The van der Waals surface area contributed by atoms with Crippen molar-refractivity contribution in [2.24, 2.45) is 0 Å².